The van der Waals surface area contributed by atoms with Crippen LogP contribution in [0.25, 0.3) is 21.8 Å². The van der Waals surface area contributed by atoms with Gasteiger partial charge in [0, 0.05) is 70.6 Å². The van der Waals surface area contributed by atoms with E-state index in [0.717, 1.165) is 63.2 Å². The molecule has 2 unspecified atom stereocenters. The molecule has 184 valence electrons. The molecule has 6 rings (SSSR count). The Morgan fingerprint density at radius 2 is 2.08 bits per heavy atom. The zero-order valence-electron chi connectivity index (χ0n) is 19.7. The molecule has 0 spiro atoms. The number of hydrogen-bond donors (Lipinski definition) is 5. The Labute approximate surface area is 213 Å². The number of hydrazine groups is 1. The maximum Gasteiger partial charge on any atom is 0.240 e. The molecule has 2 aromatic carbocycles. The Balaban J connectivity index is 1.03. The number of anilines is 1. The van der Waals surface area contributed by atoms with E-state index < -0.39 is 0 Å². The SMILES string of the molecule is Nc1ccnc2cc(CN3CCC(NCC4C=C(Cc5cc6cc(Cl)ccc6[nH]5)NN4)C3=O)ccc12. The fourth-order valence-corrected chi connectivity index (χ4v) is 5.26. The minimum absolute atomic E-state index is 0.109. The molecular formula is C27H28ClN7O. The molecule has 9 heteroatoms. The van der Waals surface area contributed by atoms with Gasteiger partial charge < -0.3 is 26.4 Å². The number of aromatic nitrogens is 2. The van der Waals surface area contributed by atoms with Crippen molar-refractivity contribution in [1.29, 1.82) is 0 Å². The summed E-state index contributed by atoms with van der Waals surface area (Å²) < 4.78 is 0. The van der Waals surface area contributed by atoms with Crippen molar-refractivity contribution >= 4 is 45.0 Å². The lowest BCUT2D eigenvalue weighted by Gasteiger charge is -2.18. The van der Waals surface area contributed by atoms with Crippen LogP contribution in [0, 0.1) is 0 Å². The highest BCUT2D eigenvalue weighted by Gasteiger charge is 2.32. The van der Waals surface area contributed by atoms with Gasteiger partial charge in [0.1, 0.15) is 0 Å². The van der Waals surface area contributed by atoms with Crippen LogP contribution in [0.4, 0.5) is 5.69 Å². The van der Waals surface area contributed by atoms with Crippen molar-refractivity contribution in [2.45, 2.75) is 31.5 Å². The molecule has 1 amide bonds. The van der Waals surface area contributed by atoms with E-state index in [9.17, 15) is 4.79 Å². The number of hydrogen-bond acceptors (Lipinski definition) is 6. The van der Waals surface area contributed by atoms with Crippen LogP contribution < -0.4 is 21.9 Å². The van der Waals surface area contributed by atoms with Gasteiger partial charge in [-0.2, -0.15) is 0 Å². The number of nitrogen functional groups attached to an aromatic ring is 1. The number of benzene rings is 2. The van der Waals surface area contributed by atoms with Gasteiger partial charge in [-0.1, -0.05) is 23.7 Å². The van der Waals surface area contributed by atoms with Crippen molar-refractivity contribution in [3.8, 4) is 0 Å². The number of fused-ring (bicyclic) bond motifs is 2. The van der Waals surface area contributed by atoms with Crippen molar-refractivity contribution in [2.75, 3.05) is 18.8 Å². The summed E-state index contributed by atoms with van der Waals surface area (Å²) in [6, 6.07) is 15.7. The maximum atomic E-state index is 13.0. The number of nitrogens with one attached hydrogen (secondary N) is 4. The van der Waals surface area contributed by atoms with Crippen LogP contribution in [0.2, 0.25) is 5.02 Å². The van der Waals surface area contributed by atoms with Crippen LogP contribution >= 0.6 is 11.6 Å². The van der Waals surface area contributed by atoms with Gasteiger partial charge in [0.15, 0.2) is 0 Å². The van der Waals surface area contributed by atoms with Gasteiger partial charge in [-0.25, -0.2) is 5.43 Å². The topological polar surface area (TPSA) is 111 Å². The van der Waals surface area contributed by atoms with E-state index >= 15 is 0 Å². The summed E-state index contributed by atoms with van der Waals surface area (Å²) in [5, 5.41) is 6.23. The quantitative estimate of drug-likeness (QED) is 0.266. The zero-order chi connectivity index (χ0) is 24.6. The number of aromatic amines is 1. The monoisotopic (exact) mass is 501 g/mol. The van der Waals surface area contributed by atoms with Crippen LogP contribution in [0.3, 0.4) is 0 Å². The van der Waals surface area contributed by atoms with Gasteiger partial charge in [0.2, 0.25) is 5.91 Å². The van der Waals surface area contributed by atoms with Gasteiger partial charge in [0.05, 0.1) is 17.6 Å². The smallest absolute Gasteiger partial charge is 0.240 e. The summed E-state index contributed by atoms with van der Waals surface area (Å²) in [5.41, 5.74) is 18.5. The van der Waals surface area contributed by atoms with E-state index in [0.29, 0.717) is 18.8 Å². The fourth-order valence-electron chi connectivity index (χ4n) is 5.08. The second-order valence-corrected chi connectivity index (χ2v) is 9.97. The molecule has 2 aliphatic heterocycles. The highest BCUT2D eigenvalue weighted by molar-refractivity contribution is 6.31. The average Bonchev–Trinajstić information content (AvgIpc) is 3.57. The van der Waals surface area contributed by atoms with Crippen molar-refractivity contribution in [2.24, 2.45) is 0 Å². The Hall–Kier alpha value is -3.59. The first kappa shape index (κ1) is 22.8. The lowest BCUT2D eigenvalue weighted by Crippen LogP contribution is -2.45. The number of nitrogens with zero attached hydrogens (tertiary/aromatic N) is 2. The van der Waals surface area contributed by atoms with Gasteiger partial charge >= 0.3 is 0 Å². The molecule has 4 heterocycles. The van der Waals surface area contributed by atoms with E-state index in [1.165, 1.54) is 0 Å². The Bertz CT molecular complexity index is 1480. The van der Waals surface area contributed by atoms with Crippen molar-refractivity contribution < 1.29 is 4.79 Å². The number of carbonyl (C=O) groups excluding carboxylic acids is 1. The number of allylic oxidation sites excluding steroid dienone is 1. The second kappa shape index (κ2) is 9.46. The first-order valence-electron chi connectivity index (χ1n) is 12.2. The standard InChI is InChI=1S/C27H28ClN7O/c28-18-2-4-24-17(10-18)11-19(32-24)12-20-13-21(34-33-20)14-31-25-6-8-35(27(25)36)15-16-1-3-22-23(29)5-7-30-26(22)9-16/h1-5,7,9-11,13,21,25,31-34H,6,8,12,14-15H2,(H2,29,30). The predicted octanol–water partition coefficient (Wildman–Crippen LogP) is 3.25. The number of carbonyl (C=O) groups is 1. The van der Waals surface area contributed by atoms with Gasteiger partial charge in [-0.3, -0.25) is 9.78 Å². The van der Waals surface area contributed by atoms with E-state index in [4.69, 9.17) is 17.3 Å². The van der Waals surface area contributed by atoms with E-state index in [2.05, 4.69) is 38.3 Å². The summed E-state index contributed by atoms with van der Waals surface area (Å²) in [4.78, 5) is 22.8. The average molecular weight is 502 g/mol. The van der Waals surface area contributed by atoms with Crippen LogP contribution in [0.15, 0.2) is 66.5 Å². The largest absolute Gasteiger partial charge is 0.398 e. The molecule has 36 heavy (non-hydrogen) atoms. The highest BCUT2D eigenvalue weighted by Crippen LogP contribution is 2.23. The lowest BCUT2D eigenvalue weighted by atomic mass is 10.1. The normalized spacial score (nSPS) is 19.9. The molecule has 2 aromatic heterocycles. The molecule has 6 N–H and O–H groups in total. The lowest BCUT2D eigenvalue weighted by molar-refractivity contribution is -0.129. The number of pyridine rings is 1. The third-order valence-corrected chi connectivity index (χ3v) is 7.17. The molecule has 0 bridgehead atoms. The predicted molar refractivity (Wildman–Crippen MR) is 143 cm³/mol. The van der Waals surface area contributed by atoms with Gasteiger partial charge in [0.25, 0.3) is 0 Å². The second-order valence-electron chi connectivity index (χ2n) is 9.53. The summed E-state index contributed by atoms with van der Waals surface area (Å²) in [5.74, 6) is 0.141. The molecule has 1 saturated heterocycles. The van der Waals surface area contributed by atoms with Crippen molar-refractivity contribution in [1.82, 2.24) is 31.0 Å². The molecule has 8 nitrogen and oxygen atoms in total. The van der Waals surface area contributed by atoms with Gasteiger partial charge in [-0.05, 0) is 54.5 Å². The molecule has 2 atom stereocenters. The van der Waals surface area contributed by atoms with Crippen LogP contribution in [0.1, 0.15) is 17.7 Å². The number of halogens is 1. The molecule has 2 aliphatic rings. The maximum absolute atomic E-state index is 13.0. The van der Waals surface area contributed by atoms with E-state index in [1.54, 1.807) is 12.3 Å². The van der Waals surface area contributed by atoms with E-state index in [1.807, 2.05) is 41.3 Å². The number of likely N-dealkylation sites (tertiary alicyclic amines) is 1. The third-order valence-electron chi connectivity index (χ3n) is 6.94. The molecule has 1 fully saturated rings. The van der Waals surface area contributed by atoms with Crippen LogP contribution in [0.5, 0.6) is 0 Å². The Morgan fingerprint density at radius 1 is 1.17 bits per heavy atom. The minimum atomic E-state index is -0.170. The number of nitrogens with two attached hydrogens (primary N) is 1. The first-order valence-corrected chi connectivity index (χ1v) is 12.5. The van der Waals surface area contributed by atoms with Gasteiger partial charge in [-0.15, -0.1) is 0 Å². The minimum Gasteiger partial charge on any atom is -0.398 e. The summed E-state index contributed by atoms with van der Waals surface area (Å²) in [6.07, 6.45) is 5.45. The Morgan fingerprint density at radius 3 is 3.00 bits per heavy atom. The summed E-state index contributed by atoms with van der Waals surface area (Å²) in [7, 11) is 0. The highest BCUT2D eigenvalue weighted by atomic mass is 35.5. The third kappa shape index (κ3) is 4.63. The van der Waals surface area contributed by atoms with Crippen molar-refractivity contribution in [3.63, 3.8) is 0 Å². The number of rotatable bonds is 7. The molecule has 0 saturated carbocycles. The first-order chi connectivity index (χ1) is 17.5. The number of amides is 1. The number of H-pyrrole nitrogens is 1. The molecule has 0 radical (unpaired) electrons. The summed E-state index contributed by atoms with van der Waals surface area (Å²) >= 11 is 6.10. The fraction of sp³-hybridized carbons (Fsp3) is 0.259. The van der Waals surface area contributed by atoms with E-state index in [-0.39, 0.29) is 18.0 Å². The molecule has 4 aromatic rings. The molecule has 0 aliphatic carbocycles. The van der Waals surface area contributed by atoms with Crippen molar-refractivity contribution in [3.05, 3.63) is 82.8 Å². The van der Waals surface area contributed by atoms with Crippen LogP contribution in [-0.2, 0) is 17.8 Å². The Kier molecular flexibility index (Phi) is 6.00. The zero-order valence-corrected chi connectivity index (χ0v) is 20.5. The molecular weight excluding hydrogens is 474 g/mol. The van der Waals surface area contributed by atoms with Crippen LogP contribution in [-0.4, -0.2) is 45.9 Å². The summed E-state index contributed by atoms with van der Waals surface area (Å²) in [6.45, 7) is 1.98.